The Kier molecular flexibility index (Phi) is 7.71. The zero-order valence-electron chi connectivity index (χ0n) is 16.1. The van der Waals surface area contributed by atoms with Crippen LogP contribution in [0.25, 0.3) is 11.1 Å². The van der Waals surface area contributed by atoms with Crippen LogP contribution >= 0.6 is 0 Å². The Bertz CT molecular complexity index is 912. The van der Waals surface area contributed by atoms with E-state index in [4.69, 9.17) is 10.2 Å². The lowest BCUT2D eigenvalue weighted by Gasteiger charge is -2.20. The third-order valence-electron chi connectivity index (χ3n) is 4.58. The van der Waals surface area contributed by atoms with Crippen LogP contribution in [-0.4, -0.2) is 45.6 Å². The van der Waals surface area contributed by atoms with Gasteiger partial charge >= 0.3 is 18.1 Å². The molecule has 0 bridgehead atoms. The van der Waals surface area contributed by atoms with Crippen molar-refractivity contribution in [1.82, 2.24) is 9.88 Å². The van der Waals surface area contributed by atoms with Gasteiger partial charge in [0, 0.05) is 36.2 Å². The molecule has 3 rings (SSSR count). The third kappa shape index (κ3) is 6.41. The van der Waals surface area contributed by atoms with Gasteiger partial charge in [-0.3, -0.25) is 9.88 Å². The normalized spacial score (nSPS) is 16.9. The molecule has 160 valence electrons. The number of likely N-dealkylation sites (tertiary alicyclic amines) is 1. The van der Waals surface area contributed by atoms with Crippen LogP contribution in [0.3, 0.4) is 0 Å². The first-order valence-electron chi connectivity index (χ1n) is 9.05. The summed E-state index contributed by atoms with van der Waals surface area (Å²) < 4.78 is 39.5. The van der Waals surface area contributed by atoms with Crippen LogP contribution in [0, 0.1) is 0 Å². The maximum Gasteiger partial charge on any atom is 0.417 e. The van der Waals surface area contributed by atoms with Crippen LogP contribution in [0.2, 0.25) is 0 Å². The van der Waals surface area contributed by atoms with E-state index in [1.165, 1.54) is 18.3 Å². The van der Waals surface area contributed by atoms with Crippen molar-refractivity contribution in [2.75, 3.05) is 13.6 Å². The van der Waals surface area contributed by atoms with Gasteiger partial charge in [-0.1, -0.05) is 18.2 Å². The monoisotopic (exact) mass is 422 g/mol. The first kappa shape index (κ1) is 23.1. The van der Waals surface area contributed by atoms with E-state index in [1.807, 2.05) is 13.1 Å². The molecular weight excluding hydrogens is 401 g/mol. The molecule has 0 radical (unpaired) electrons. The number of pyridine rings is 1. The number of carbonyl (C=O) groups is 2. The van der Waals surface area contributed by atoms with E-state index in [0.717, 1.165) is 31.0 Å². The van der Waals surface area contributed by atoms with Gasteiger partial charge in [0.1, 0.15) is 0 Å². The van der Waals surface area contributed by atoms with Crippen LogP contribution in [0.1, 0.15) is 30.0 Å². The fraction of sp³-hybridized carbons (Fsp3) is 0.286. The van der Waals surface area contributed by atoms with Gasteiger partial charge in [-0.15, -0.1) is 0 Å². The minimum Gasteiger partial charge on any atom is -0.478 e. The minimum atomic E-state index is -4.36. The summed E-state index contributed by atoms with van der Waals surface area (Å²) in [5.41, 5.74) is 1.07. The molecule has 0 spiro atoms. The van der Waals surface area contributed by atoms with E-state index >= 15 is 0 Å². The highest BCUT2D eigenvalue weighted by Crippen LogP contribution is 2.38. The smallest absolute Gasteiger partial charge is 0.417 e. The summed E-state index contributed by atoms with van der Waals surface area (Å²) in [4.78, 5) is 25.5. The molecule has 1 aromatic heterocycles. The number of carboxylic acid groups (broad SMARTS) is 2. The fourth-order valence-electron chi connectivity index (χ4n) is 3.24. The predicted octanol–water partition coefficient (Wildman–Crippen LogP) is 4.25. The molecule has 1 fully saturated rings. The standard InChI is InChI=1S/C17H17F3N2.C4H4O4/c1-22-8-4-7-16(22)13-9-12(10-21-11-13)14-5-2-3-6-15(14)17(18,19)20;5-3(6)1-2-4(7)8/h2-3,5-6,9-11,16H,4,7-8H2,1H3;1-2H,(H,5,6)(H,7,8). The van der Waals surface area contributed by atoms with Crippen LogP contribution in [-0.2, 0) is 15.8 Å². The SMILES string of the molecule is CN1CCCC1c1cncc(-c2ccccc2C(F)(F)F)c1.O=C(O)C=CC(=O)O. The highest BCUT2D eigenvalue weighted by molar-refractivity contribution is 5.89. The molecule has 1 unspecified atom stereocenters. The molecule has 2 N–H and O–H groups in total. The minimum absolute atomic E-state index is 0.185. The zero-order chi connectivity index (χ0) is 22.3. The van der Waals surface area contributed by atoms with Gasteiger partial charge in [0.05, 0.1) is 5.56 Å². The summed E-state index contributed by atoms with van der Waals surface area (Å²) in [7, 11) is 2.04. The molecule has 30 heavy (non-hydrogen) atoms. The second kappa shape index (κ2) is 10.0. The summed E-state index contributed by atoms with van der Waals surface area (Å²) in [6.07, 6.45) is 2.13. The van der Waals surface area contributed by atoms with Gasteiger partial charge in [-0.25, -0.2) is 9.59 Å². The van der Waals surface area contributed by atoms with Gasteiger partial charge in [0.25, 0.3) is 0 Å². The van der Waals surface area contributed by atoms with Crippen LogP contribution in [0.15, 0.2) is 54.9 Å². The fourth-order valence-corrected chi connectivity index (χ4v) is 3.24. The second-order valence-electron chi connectivity index (χ2n) is 6.70. The van der Waals surface area contributed by atoms with E-state index in [-0.39, 0.29) is 11.6 Å². The van der Waals surface area contributed by atoms with Gasteiger partial charge in [-0.05, 0) is 49.7 Å². The summed E-state index contributed by atoms with van der Waals surface area (Å²) in [5, 5.41) is 15.6. The van der Waals surface area contributed by atoms with E-state index in [2.05, 4.69) is 9.88 Å². The van der Waals surface area contributed by atoms with Gasteiger partial charge in [0.2, 0.25) is 0 Å². The Balaban J connectivity index is 0.000000343. The molecule has 0 amide bonds. The Labute approximate surface area is 171 Å². The number of rotatable bonds is 4. The van der Waals surface area contributed by atoms with Crippen molar-refractivity contribution in [1.29, 1.82) is 0 Å². The summed E-state index contributed by atoms with van der Waals surface area (Å²) >= 11 is 0. The number of hydrogen-bond donors (Lipinski definition) is 2. The Hall–Kier alpha value is -3.20. The zero-order valence-corrected chi connectivity index (χ0v) is 16.1. The molecule has 9 heteroatoms. The lowest BCUT2D eigenvalue weighted by atomic mass is 9.97. The van der Waals surface area contributed by atoms with Gasteiger partial charge in [-0.2, -0.15) is 13.2 Å². The predicted molar refractivity (Wildman–Crippen MR) is 104 cm³/mol. The Morgan fingerprint density at radius 1 is 1.13 bits per heavy atom. The number of benzene rings is 1. The number of aromatic nitrogens is 1. The number of halogens is 3. The van der Waals surface area contributed by atoms with Gasteiger partial charge in [0.15, 0.2) is 0 Å². The first-order valence-corrected chi connectivity index (χ1v) is 9.05. The Morgan fingerprint density at radius 2 is 1.77 bits per heavy atom. The molecule has 0 saturated carbocycles. The van der Waals surface area contributed by atoms with Crippen LogP contribution in [0.5, 0.6) is 0 Å². The number of carboxylic acids is 2. The number of hydrogen-bond acceptors (Lipinski definition) is 4. The highest BCUT2D eigenvalue weighted by atomic mass is 19.4. The van der Waals surface area contributed by atoms with Crippen molar-refractivity contribution < 1.29 is 33.0 Å². The molecule has 1 saturated heterocycles. The molecule has 1 aliphatic heterocycles. The first-order chi connectivity index (χ1) is 14.1. The molecule has 6 nitrogen and oxygen atoms in total. The van der Waals surface area contributed by atoms with Crippen molar-refractivity contribution >= 4 is 11.9 Å². The number of alkyl halides is 3. The van der Waals surface area contributed by atoms with Crippen molar-refractivity contribution in [2.24, 2.45) is 0 Å². The lowest BCUT2D eigenvalue weighted by Crippen LogP contribution is -2.17. The van der Waals surface area contributed by atoms with Crippen molar-refractivity contribution in [3.63, 3.8) is 0 Å². The van der Waals surface area contributed by atoms with Crippen molar-refractivity contribution in [3.05, 3.63) is 66.0 Å². The lowest BCUT2D eigenvalue weighted by molar-refractivity contribution is -0.137. The van der Waals surface area contributed by atoms with E-state index in [9.17, 15) is 22.8 Å². The second-order valence-corrected chi connectivity index (χ2v) is 6.70. The van der Waals surface area contributed by atoms with Crippen LogP contribution in [0.4, 0.5) is 13.2 Å². The average Bonchev–Trinajstić information content (AvgIpc) is 3.12. The van der Waals surface area contributed by atoms with Crippen molar-refractivity contribution in [3.8, 4) is 11.1 Å². The van der Waals surface area contributed by atoms with Gasteiger partial charge < -0.3 is 10.2 Å². The third-order valence-corrected chi connectivity index (χ3v) is 4.58. The molecule has 2 aromatic rings. The quantitative estimate of drug-likeness (QED) is 0.716. The summed E-state index contributed by atoms with van der Waals surface area (Å²) in [6.45, 7) is 1.01. The summed E-state index contributed by atoms with van der Waals surface area (Å²) in [5.74, 6) is -2.51. The maximum atomic E-state index is 13.2. The highest BCUT2D eigenvalue weighted by Gasteiger charge is 2.33. The molecule has 1 aromatic carbocycles. The topological polar surface area (TPSA) is 90.7 Å². The number of aliphatic carboxylic acids is 2. The molecular formula is C21H21F3N2O4. The van der Waals surface area contributed by atoms with Crippen LogP contribution < -0.4 is 0 Å². The molecule has 1 aliphatic rings. The maximum absolute atomic E-state index is 13.2. The largest absolute Gasteiger partial charge is 0.478 e. The van der Waals surface area contributed by atoms with E-state index in [0.29, 0.717) is 17.7 Å². The molecule has 2 heterocycles. The average molecular weight is 422 g/mol. The number of nitrogens with zero attached hydrogens (tertiary/aromatic N) is 2. The van der Waals surface area contributed by atoms with E-state index in [1.54, 1.807) is 12.3 Å². The van der Waals surface area contributed by atoms with Crippen molar-refractivity contribution in [2.45, 2.75) is 25.1 Å². The summed E-state index contributed by atoms with van der Waals surface area (Å²) in [6, 6.07) is 7.73. The molecule has 1 atom stereocenters. The van der Waals surface area contributed by atoms with E-state index < -0.39 is 23.7 Å². The Morgan fingerprint density at radius 3 is 2.30 bits per heavy atom. The molecule has 0 aliphatic carbocycles.